The molecule has 8 heteroatoms. The molecule has 110 valence electrons. The molecule has 1 heterocycles. The molecular weight excluding hydrogens is 272 g/mol. The van der Waals surface area contributed by atoms with Gasteiger partial charge in [-0.3, -0.25) is 0 Å². The van der Waals surface area contributed by atoms with Crippen molar-refractivity contribution in [1.82, 2.24) is 10.2 Å². The lowest BCUT2D eigenvalue weighted by atomic mass is 10.1. The Kier molecular flexibility index (Phi) is 4.78. The number of amides is 2. The van der Waals surface area contributed by atoms with Gasteiger partial charge in [-0.2, -0.15) is 0 Å². The van der Waals surface area contributed by atoms with Crippen LogP contribution in [0.3, 0.4) is 0 Å². The van der Waals surface area contributed by atoms with Gasteiger partial charge < -0.3 is 15.3 Å². The molecule has 1 aliphatic heterocycles. The van der Waals surface area contributed by atoms with Gasteiger partial charge in [-0.05, 0) is 12.8 Å². The van der Waals surface area contributed by atoms with Crippen molar-refractivity contribution in [2.45, 2.75) is 32.9 Å². The smallest absolute Gasteiger partial charge is 0.326 e. The van der Waals surface area contributed by atoms with E-state index in [1.807, 2.05) is 0 Å². The van der Waals surface area contributed by atoms with Crippen molar-refractivity contribution >= 4 is 21.8 Å². The summed E-state index contributed by atoms with van der Waals surface area (Å²) >= 11 is 0. The topological polar surface area (TPSA) is 104 Å². The zero-order chi connectivity index (χ0) is 14.8. The van der Waals surface area contributed by atoms with Crippen molar-refractivity contribution < 1.29 is 23.1 Å². The summed E-state index contributed by atoms with van der Waals surface area (Å²) in [5, 5.41) is 11.4. The Hall–Kier alpha value is -1.31. The van der Waals surface area contributed by atoms with E-state index in [9.17, 15) is 18.0 Å². The minimum Gasteiger partial charge on any atom is -0.480 e. The van der Waals surface area contributed by atoms with E-state index in [0.717, 1.165) is 0 Å². The highest BCUT2D eigenvalue weighted by molar-refractivity contribution is 7.91. The molecule has 1 rings (SSSR count). The van der Waals surface area contributed by atoms with Crippen molar-refractivity contribution in [1.29, 1.82) is 0 Å². The van der Waals surface area contributed by atoms with Crippen LogP contribution in [0.2, 0.25) is 0 Å². The van der Waals surface area contributed by atoms with E-state index in [0.29, 0.717) is 0 Å². The number of carbonyl (C=O) groups is 2. The Morgan fingerprint density at radius 3 is 2.37 bits per heavy atom. The second-order valence-corrected chi connectivity index (χ2v) is 7.39. The highest BCUT2D eigenvalue weighted by atomic mass is 32.2. The van der Waals surface area contributed by atoms with Crippen LogP contribution in [0.5, 0.6) is 0 Å². The average molecular weight is 292 g/mol. The Labute approximate surface area is 112 Å². The first-order valence-electron chi connectivity index (χ1n) is 6.14. The van der Waals surface area contributed by atoms with Gasteiger partial charge in [0.05, 0.1) is 11.5 Å². The Bertz CT molecular complexity index is 460. The van der Waals surface area contributed by atoms with Gasteiger partial charge in [0.1, 0.15) is 6.04 Å². The van der Waals surface area contributed by atoms with Gasteiger partial charge in [-0.25, -0.2) is 18.0 Å². The SMILES string of the molecule is CC(C)C(NC(=O)N1CCS(=O)(=O)CC1C)C(=O)O. The maximum Gasteiger partial charge on any atom is 0.326 e. The normalized spacial score (nSPS) is 24.0. The fourth-order valence-corrected chi connectivity index (χ4v) is 3.59. The lowest BCUT2D eigenvalue weighted by Crippen LogP contribution is -2.56. The Balaban J connectivity index is 2.71. The van der Waals surface area contributed by atoms with Crippen molar-refractivity contribution in [3.8, 4) is 0 Å². The van der Waals surface area contributed by atoms with Crippen LogP contribution in [0.25, 0.3) is 0 Å². The van der Waals surface area contributed by atoms with Crippen LogP contribution in [-0.2, 0) is 14.6 Å². The molecule has 0 saturated carbocycles. The molecule has 2 atom stereocenters. The van der Waals surface area contributed by atoms with Crippen molar-refractivity contribution in [3.63, 3.8) is 0 Å². The molecule has 0 radical (unpaired) electrons. The molecule has 2 N–H and O–H groups in total. The lowest BCUT2D eigenvalue weighted by molar-refractivity contribution is -0.140. The molecule has 0 aromatic rings. The number of nitrogens with one attached hydrogen (secondary N) is 1. The number of urea groups is 1. The van der Waals surface area contributed by atoms with Gasteiger partial charge in [-0.15, -0.1) is 0 Å². The largest absolute Gasteiger partial charge is 0.480 e. The third kappa shape index (κ3) is 4.09. The summed E-state index contributed by atoms with van der Waals surface area (Å²) in [5.74, 6) is -1.50. The van der Waals surface area contributed by atoms with Gasteiger partial charge in [0.25, 0.3) is 0 Å². The van der Waals surface area contributed by atoms with Gasteiger partial charge >= 0.3 is 12.0 Å². The zero-order valence-electron chi connectivity index (χ0n) is 11.3. The summed E-state index contributed by atoms with van der Waals surface area (Å²) < 4.78 is 22.8. The molecule has 0 aromatic carbocycles. The Morgan fingerprint density at radius 2 is 1.95 bits per heavy atom. The number of sulfone groups is 1. The van der Waals surface area contributed by atoms with E-state index >= 15 is 0 Å². The number of carboxylic acid groups (broad SMARTS) is 1. The molecule has 0 aliphatic carbocycles. The first-order chi connectivity index (χ1) is 8.64. The van der Waals surface area contributed by atoms with E-state index in [1.165, 1.54) is 4.90 Å². The molecule has 1 fully saturated rings. The molecule has 1 saturated heterocycles. The average Bonchev–Trinajstić information content (AvgIpc) is 2.23. The van der Waals surface area contributed by atoms with E-state index in [2.05, 4.69) is 5.32 Å². The molecule has 7 nitrogen and oxygen atoms in total. The van der Waals surface area contributed by atoms with Crippen LogP contribution in [0.4, 0.5) is 4.79 Å². The van der Waals surface area contributed by atoms with Crippen molar-refractivity contribution in [3.05, 3.63) is 0 Å². The third-order valence-electron chi connectivity index (χ3n) is 3.14. The maximum atomic E-state index is 12.0. The first-order valence-corrected chi connectivity index (χ1v) is 7.96. The third-order valence-corrected chi connectivity index (χ3v) is 4.94. The van der Waals surface area contributed by atoms with Gasteiger partial charge in [0, 0.05) is 12.6 Å². The van der Waals surface area contributed by atoms with Crippen LogP contribution in [-0.4, -0.2) is 60.6 Å². The molecular formula is C11H20N2O5S. The van der Waals surface area contributed by atoms with Crippen LogP contribution in [0.15, 0.2) is 0 Å². The highest BCUT2D eigenvalue weighted by Crippen LogP contribution is 2.12. The van der Waals surface area contributed by atoms with E-state index < -0.39 is 33.9 Å². The standard InChI is InChI=1S/C11H20N2O5S/c1-7(2)9(10(14)15)12-11(16)13-4-5-19(17,18)6-8(13)3/h7-9H,4-6H2,1-3H3,(H,12,16)(H,14,15). The number of carbonyl (C=O) groups excluding carboxylic acids is 1. The molecule has 0 aromatic heterocycles. The predicted molar refractivity (Wildman–Crippen MR) is 69.6 cm³/mol. The van der Waals surface area contributed by atoms with Crippen molar-refractivity contribution in [2.75, 3.05) is 18.1 Å². The zero-order valence-corrected chi connectivity index (χ0v) is 12.1. The summed E-state index contributed by atoms with van der Waals surface area (Å²) in [5.41, 5.74) is 0. The van der Waals surface area contributed by atoms with Crippen LogP contribution < -0.4 is 5.32 Å². The minimum atomic E-state index is -3.10. The number of hydrogen-bond acceptors (Lipinski definition) is 4. The fraction of sp³-hybridized carbons (Fsp3) is 0.818. The molecule has 0 bridgehead atoms. The summed E-state index contributed by atoms with van der Waals surface area (Å²) in [6.45, 7) is 5.13. The molecule has 2 amide bonds. The second-order valence-electron chi connectivity index (χ2n) is 5.17. The second kappa shape index (κ2) is 5.77. The van der Waals surface area contributed by atoms with Gasteiger partial charge in [0.2, 0.25) is 0 Å². The van der Waals surface area contributed by atoms with Crippen LogP contribution >= 0.6 is 0 Å². The Morgan fingerprint density at radius 1 is 1.37 bits per heavy atom. The monoisotopic (exact) mass is 292 g/mol. The van der Waals surface area contributed by atoms with Crippen molar-refractivity contribution in [2.24, 2.45) is 5.92 Å². The summed E-state index contributed by atoms with van der Waals surface area (Å²) in [4.78, 5) is 24.4. The molecule has 2 unspecified atom stereocenters. The maximum absolute atomic E-state index is 12.0. The molecule has 0 spiro atoms. The van der Waals surface area contributed by atoms with E-state index in [4.69, 9.17) is 5.11 Å². The van der Waals surface area contributed by atoms with E-state index in [1.54, 1.807) is 20.8 Å². The van der Waals surface area contributed by atoms with Gasteiger partial charge in [0.15, 0.2) is 9.84 Å². The summed E-state index contributed by atoms with van der Waals surface area (Å²) in [7, 11) is -3.10. The van der Waals surface area contributed by atoms with Gasteiger partial charge in [-0.1, -0.05) is 13.8 Å². The number of aliphatic carboxylic acids is 1. The summed E-state index contributed by atoms with van der Waals surface area (Å²) in [6, 6.07) is -1.94. The van der Waals surface area contributed by atoms with E-state index in [-0.39, 0.29) is 24.0 Å². The van der Waals surface area contributed by atoms with Crippen LogP contribution in [0.1, 0.15) is 20.8 Å². The number of rotatable bonds is 3. The quantitative estimate of drug-likeness (QED) is 0.757. The summed E-state index contributed by atoms with van der Waals surface area (Å²) in [6.07, 6.45) is 0. The number of carboxylic acids is 1. The van der Waals surface area contributed by atoms with Crippen LogP contribution in [0, 0.1) is 5.92 Å². The predicted octanol–water partition coefficient (Wildman–Crippen LogP) is -0.0759. The molecule has 19 heavy (non-hydrogen) atoms. The number of hydrogen-bond donors (Lipinski definition) is 2. The fourth-order valence-electron chi connectivity index (χ4n) is 2.03. The lowest BCUT2D eigenvalue weighted by Gasteiger charge is -2.34. The minimum absolute atomic E-state index is 0.0792. The first kappa shape index (κ1) is 15.7. The highest BCUT2D eigenvalue weighted by Gasteiger charge is 2.33. The molecule has 1 aliphatic rings. The number of nitrogens with zero attached hydrogens (tertiary/aromatic N) is 1.